The van der Waals surface area contributed by atoms with E-state index >= 15 is 0 Å². The van der Waals surface area contributed by atoms with Crippen molar-refractivity contribution in [2.75, 3.05) is 26.1 Å². The number of sulfonamides is 1. The van der Waals surface area contributed by atoms with E-state index in [1.165, 1.54) is 64.7 Å². The van der Waals surface area contributed by atoms with Crippen LogP contribution in [0.4, 0.5) is 5.69 Å². The van der Waals surface area contributed by atoms with Crippen molar-refractivity contribution in [1.29, 1.82) is 0 Å². The Hall–Kier alpha value is -3.07. The Morgan fingerprint density at radius 1 is 0.926 bits per heavy atom. The maximum Gasteiger partial charge on any atom is 0.340 e. The van der Waals surface area contributed by atoms with Gasteiger partial charge < -0.3 is 14.2 Å². The highest BCUT2D eigenvalue weighted by Gasteiger charge is 2.22. The number of esters is 1. The van der Waals surface area contributed by atoms with Crippen molar-refractivity contribution in [1.82, 2.24) is 0 Å². The first kappa shape index (κ1) is 20.2. The van der Waals surface area contributed by atoms with Gasteiger partial charge in [-0.05, 0) is 19.1 Å². The van der Waals surface area contributed by atoms with E-state index in [1.54, 1.807) is 0 Å². The molecule has 9 heteroatoms. The van der Waals surface area contributed by atoms with Crippen LogP contribution in [-0.4, -0.2) is 41.5 Å². The van der Waals surface area contributed by atoms with E-state index in [0.29, 0.717) is 5.56 Å². The van der Waals surface area contributed by atoms with Crippen molar-refractivity contribution >= 4 is 27.5 Å². The number of nitrogens with one attached hydrogen (secondary N) is 1. The van der Waals surface area contributed by atoms with Crippen molar-refractivity contribution in [2.24, 2.45) is 0 Å². The minimum Gasteiger partial charge on any atom is -0.493 e. The van der Waals surface area contributed by atoms with Crippen molar-refractivity contribution in [2.45, 2.75) is 11.8 Å². The predicted molar refractivity (Wildman–Crippen MR) is 98.1 cm³/mol. The number of anilines is 1. The van der Waals surface area contributed by atoms with Crippen molar-refractivity contribution in [3.8, 4) is 11.5 Å². The lowest BCUT2D eigenvalue weighted by Gasteiger charge is -2.15. The SMILES string of the molecule is COC(=O)c1cc(OC)c(OC)cc1NS(=O)(=O)c1ccc(C(C)=O)cc1. The molecule has 2 rings (SSSR count). The fraction of sp³-hybridized carbons (Fsp3) is 0.222. The number of benzene rings is 2. The summed E-state index contributed by atoms with van der Waals surface area (Å²) in [7, 11) is -0.0801. The summed E-state index contributed by atoms with van der Waals surface area (Å²) in [5.41, 5.74) is 0.310. The molecular weight excluding hydrogens is 374 g/mol. The Morgan fingerprint density at radius 3 is 1.96 bits per heavy atom. The molecule has 0 unspecified atom stereocenters. The Kier molecular flexibility index (Phi) is 6.06. The van der Waals surface area contributed by atoms with Gasteiger partial charge in [-0.3, -0.25) is 9.52 Å². The van der Waals surface area contributed by atoms with Gasteiger partial charge in [0.2, 0.25) is 0 Å². The third kappa shape index (κ3) is 4.37. The van der Waals surface area contributed by atoms with Gasteiger partial charge in [0, 0.05) is 17.7 Å². The second-order valence-corrected chi connectivity index (χ2v) is 7.11. The number of methoxy groups -OCH3 is 3. The zero-order valence-corrected chi connectivity index (χ0v) is 16.0. The molecule has 0 heterocycles. The molecule has 0 atom stereocenters. The largest absolute Gasteiger partial charge is 0.493 e. The van der Waals surface area contributed by atoms with Gasteiger partial charge in [0.25, 0.3) is 10.0 Å². The lowest BCUT2D eigenvalue weighted by molar-refractivity contribution is 0.0601. The Bertz CT molecular complexity index is 966. The first-order valence-corrected chi connectivity index (χ1v) is 9.20. The van der Waals surface area contributed by atoms with E-state index in [0.717, 1.165) is 0 Å². The average Bonchev–Trinajstić information content (AvgIpc) is 2.66. The molecule has 0 saturated carbocycles. The summed E-state index contributed by atoms with van der Waals surface area (Å²) in [6.07, 6.45) is 0. The number of ketones is 1. The molecule has 0 aliphatic rings. The highest BCUT2D eigenvalue weighted by Crippen LogP contribution is 2.34. The van der Waals surface area contributed by atoms with E-state index in [2.05, 4.69) is 4.72 Å². The number of hydrogen-bond acceptors (Lipinski definition) is 7. The first-order valence-electron chi connectivity index (χ1n) is 7.71. The van der Waals surface area contributed by atoms with Crippen LogP contribution in [0.3, 0.4) is 0 Å². The second kappa shape index (κ2) is 8.09. The lowest BCUT2D eigenvalue weighted by atomic mass is 10.1. The fourth-order valence-electron chi connectivity index (χ4n) is 2.31. The summed E-state index contributed by atoms with van der Waals surface area (Å²) in [4.78, 5) is 23.3. The zero-order chi connectivity index (χ0) is 20.2. The number of carbonyl (C=O) groups is 2. The van der Waals surface area contributed by atoms with Crippen LogP contribution >= 0.6 is 0 Å². The number of Topliss-reactive ketones (excluding diaryl/α,β-unsaturated/α-hetero) is 1. The molecule has 0 aromatic heterocycles. The second-order valence-electron chi connectivity index (χ2n) is 5.43. The highest BCUT2D eigenvalue weighted by molar-refractivity contribution is 7.92. The van der Waals surface area contributed by atoms with Crippen LogP contribution in [0.2, 0.25) is 0 Å². The third-order valence-corrected chi connectivity index (χ3v) is 5.13. The Morgan fingerprint density at radius 2 is 1.48 bits per heavy atom. The van der Waals surface area contributed by atoms with Crippen LogP contribution in [0.5, 0.6) is 11.5 Å². The van der Waals surface area contributed by atoms with Gasteiger partial charge in [0.15, 0.2) is 17.3 Å². The molecule has 27 heavy (non-hydrogen) atoms. The summed E-state index contributed by atoms with van der Waals surface area (Å²) in [5.74, 6) is -0.457. The predicted octanol–water partition coefficient (Wildman–Crippen LogP) is 2.49. The van der Waals surface area contributed by atoms with Crippen molar-refractivity contribution in [3.05, 3.63) is 47.5 Å². The standard InChI is InChI=1S/C18H19NO7S/c1-11(20)12-5-7-13(8-6-12)27(22,23)19-15-10-17(25-3)16(24-2)9-14(15)18(21)26-4/h5-10,19H,1-4H3. The van der Waals surface area contributed by atoms with Crippen molar-refractivity contribution in [3.63, 3.8) is 0 Å². The average molecular weight is 393 g/mol. The molecule has 0 fully saturated rings. The molecule has 0 saturated heterocycles. The molecule has 144 valence electrons. The lowest BCUT2D eigenvalue weighted by Crippen LogP contribution is -2.16. The van der Waals surface area contributed by atoms with Crippen molar-refractivity contribution < 1.29 is 32.2 Å². The summed E-state index contributed by atoms with van der Waals surface area (Å²) in [6, 6.07) is 8.07. The van der Waals surface area contributed by atoms with Gasteiger partial charge in [-0.1, -0.05) is 12.1 Å². The van der Waals surface area contributed by atoms with Gasteiger partial charge in [0.1, 0.15) is 0 Å². The topological polar surface area (TPSA) is 108 Å². The van der Waals surface area contributed by atoms with Crippen LogP contribution in [-0.2, 0) is 14.8 Å². The van der Waals surface area contributed by atoms with E-state index in [4.69, 9.17) is 14.2 Å². The van der Waals surface area contributed by atoms with Gasteiger partial charge in [0.05, 0.1) is 37.5 Å². The summed E-state index contributed by atoms with van der Waals surface area (Å²) in [5, 5.41) is 0. The Balaban J connectivity index is 2.50. The molecule has 2 aromatic carbocycles. The minimum absolute atomic E-state index is 0.0323. The molecule has 8 nitrogen and oxygen atoms in total. The molecule has 0 aliphatic heterocycles. The van der Waals surface area contributed by atoms with Gasteiger partial charge in [-0.15, -0.1) is 0 Å². The molecule has 0 bridgehead atoms. The molecule has 0 spiro atoms. The Labute approximate surface area is 157 Å². The quantitative estimate of drug-likeness (QED) is 0.569. The fourth-order valence-corrected chi connectivity index (χ4v) is 3.39. The van der Waals surface area contributed by atoms with Crippen LogP contribution in [0.25, 0.3) is 0 Å². The normalized spacial score (nSPS) is 10.8. The molecule has 0 aliphatic carbocycles. The van der Waals surface area contributed by atoms with Gasteiger partial charge >= 0.3 is 5.97 Å². The van der Waals surface area contributed by atoms with E-state index in [-0.39, 0.29) is 33.4 Å². The number of ether oxygens (including phenoxy) is 3. The number of carbonyl (C=O) groups excluding carboxylic acids is 2. The molecule has 2 aromatic rings. The maximum absolute atomic E-state index is 12.7. The molecule has 0 amide bonds. The van der Waals surface area contributed by atoms with E-state index in [9.17, 15) is 18.0 Å². The minimum atomic E-state index is -4.03. The van der Waals surface area contributed by atoms with Crippen LogP contribution in [0.15, 0.2) is 41.3 Å². The van der Waals surface area contributed by atoms with Gasteiger partial charge in [-0.25, -0.2) is 13.2 Å². The van der Waals surface area contributed by atoms with Crippen LogP contribution in [0.1, 0.15) is 27.6 Å². The summed E-state index contributed by atoms with van der Waals surface area (Å²) < 4.78 is 42.7. The van der Waals surface area contributed by atoms with Gasteiger partial charge in [-0.2, -0.15) is 0 Å². The number of hydrogen-bond donors (Lipinski definition) is 1. The molecular formula is C18H19NO7S. The zero-order valence-electron chi connectivity index (χ0n) is 15.2. The monoisotopic (exact) mass is 393 g/mol. The van der Waals surface area contributed by atoms with Crippen LogP contribution < -0.4 is 14.2 Å². The molecule has 0 radical (unpaired) electrons. The third-order valence-electron chi connectivity index (χ3n) is 3.74. The number of rotatable bonds is 7. The highest BCUT2D eigenvalue weighted by atomic mass is 32.2. The summed E-state index contributed by atoms with van der Waals surface area (Å²) >= 11 is 0. The van der Waals surface area contributed by atoms with E-state index < -0.39 is 16.0 Å². The smallest absolute Gasteiger partial charge is 0.340 e. The first-order chi connectivity index (χ1) is 12.7. The summed E-state index contributed by atoms with van der Waals surface area (Å²) in [6.45, 7) is 1.38. The molecule has 1 N–H and O–H groups in total. The van der Waals surface area contributed by atoms with E-state index in [1.807, 2.05) is 0 Å². The maximum atomic E-state index is 12.7. The van der Waals surface area contributed by atoms with Crippen LogP contribution in [0, 0.1) is 0 Å².